The van der Waals surface area contributed by atoms with Gasteiger partial charge in [-0.15, -0.1) is 0 Å². The number of aromatic nitrogens is 2. The lowest BCUT2D eigenvalue weighted by Crippen LogP contribution is -2.21. The van der Waals surface area contributed by atoms with Gasteiger partial charge in [-0.1, -0.05) is 28.0 Å². The van der Waals surface area contributed by atoms with Crippen molar-refractivity contribution in [3.8, 4) is 5.75 Å². The number of rotatable bonds is 6. The highest BCUT2D eigenvalue weighted by Crippen LogP contribution is 2.24. The normalized spacial score (nSPS) is 12.4. The lowest BCUT2D eigenvalue weighted by atomic mass is 10.0. The smallest absolute Gasteiger partial charge is 0.264 e. The van der Waals surface area contributed by atoms with Gasteiger partial charge in [-0.05, 0) is 43.5 Å². The number of halogens is 1. The number of nitrogens with two attached hydrogens (primary N) is 1. The van der Waals surface area contributed by atoms with Crippen molar-refractivity contribution in [2.75, 3.05) is 0 Å². The van der Waals surface area contributed by atoms with E-state index in [1.807, 2.05) is 18.2 Å². The maximum absolute atomic E-state index is 6.00. The van der Waals surface area contributed by atoms with E-state index in [9.17, 15) is 0 Å². The van der Waals surface area contributed by atoms with Crippen LogP contribution in [0.2, 0.25) is 0 Å². The van der Waals surface area contributed by atoms with E-state index >= 15 is 0 Å². The minimum atomic E-state index is 0.153. The zero-order valence-corrected chi connectivity index (χ0v) is 13.2. The third-order valence-electron chi connectivity index (χ3n) is 2.96. The highest BCUT2D eigenvalue weighted by molar-refractivity contribution is 9.10. The molecule has 2 N–H and O–H groups in total. The van der Waals surface area contributed by atoms with Crippen molar-refractivity contribution in [3.63, 3.8) is 0 Å². The van der Waals surface area contributed by atoms with Gasteiger partial charge in [0.15, 0.2) is 12.4 Å². The summed E-state index contributed by atoms with van der Waals surface area (Å²) in [4.78, 5) is 4.10. The molecule has 0 aliphatic carbocycles. The monoisotopic (exact) mass is 339 g/mol. The molecule has 108 valence electrons. The number of nitrogens with zero attached hydrogens (tertiary/aromatic N) is 2. The summed E-state index contributed by atoms with van der Waals surface area (Å²) in [5.41, 5.74) is 7.13. The highest BCUT2D eigenvalue weighted by Gasteiger charge is 2.08. The molecule has 0 radical (unpaired) electrons. The Labute approximate surface area is 126 Å². The molecule has 2 aromatic rings. The summed E-state index contributed by atoms with van der Waals surface area (Å²) in [5.74, 6) is 1.84. The molecule has 0 spiro atoms. The van der Waals surface area contributed by atoms with E-state index in [2.05, 4.69) is 33.0 Å². The van der Waals surface area contributed by atoms with Gasteiger partial charge in [0.2, 0.25) is 0 Å². The fourth-order valence-corrected chi connectivity index (χ4v) is 2.18. The van der Waals surface area contributed by atoms with Crippen LogP contribution in [0.3, 0.4) is 0 Å². The molecule has 0 fully saturated rings. The average Bonchev–Trinajstić information content (AvgIpc) is 2.85. The number of ether oxygens (including phenoxy) is 1. The molecule has 0 aliphatic heterocycles. The van der Waals surface area contributed by atoms with Crippen molar-refractivity contribution in [3.05, 3.63) is 40.0 Å². The van der Waals surface area contributed by atoms with Gasteiger partial charge in [0.1, 0.15) is 5.75 Å². The molecule has 0 bridgehead atoms. The third kappa shape index (κ3) is 4.05. The lowest BCUT2D eigenvalue weighted by Gasteiger charge is -2.12. The Morgan fingerprint density at radius 2 is 2.25 bits per heavy atom. The largest absolute Gasteiger partial charge is 0.484 e. The Bertz CT molecular complexity index is 571. The molecular formula is C14H18BrN3O2. The fraction of sp³-hybridized carbons (Fsp3) is 0.429. The maximum Gasteiger partial charge on any atom is 0.264 e. The Hall–Kier alpha value is -1.40. The van der Waals surface area contributed by atoms with E-state index in [0.717, 1.165) is 28.6 Å². The molecule has 0 saturated carbocycles. The first-order valence-corrected chi connectivity index (χ1v) is 7.33. The lowest BCUT2D eigenvalue weighted by molar-refractivity contribution is 0.242. The number of hydrogen-bond acceptors (Lipinski definition) is 5. The van der Waals surface area contributed by atoms with Crippen LogP contribution in [0.5, 0.6) is 5.75 Å². The van der Waals surface area contributed by atoms with E-state index in [4.69, 9.17) is 15.0 Å². The van der Waals surface area contributed by atoms with E-state index in [1.165, 1.54) is 0 Å². The van der Waals surface area contributed by atoms with Crippen LogP contribution in [0.25, 0.3) is 0 Å². The molecule has 6 heteroatoms. The van der Waals surface area contributed by atoms with Crippen molar-refractivity contribution in [2.24, 2.45) is 5.73 Å². The number of hydrogen-bond donors (Lipinski definition) is 1. The van der Waals surface area contributed by atoms with Crippen LogP contribution < -0.4 is 10.5 Å². The van der Waals surface area contributed by atoms with Gasteiger partial charge in [-0.25, -0.2) is 0 Å². The summed E-state index contributed by atoms with van der Waals surface area (Å²) in [6.45, 7) is 4.12. The van der Waals surface area contributed by atoms with Crippen molar-refractivity contribution in [1.82, 2.24) is 10.1 Å². The first-order chi connectivity index (χ1) is 9.58. The quantitative estimate of drug-likeness (QED) is 0.875. The second kappa shape index (κ2) is 6.85. The summed E-state index contributed by atoms with van der Waals surface area (Å²) < 4.78 is 11.7. The molecule has 0 amide bonds. The Kier molecular flexibility index (Phi) is 5.14. The average molecular weight is 340 g/mol. The second-order valence-corrected chi connectivity index (χ2v) is 5.50. The SMILES string of the molecule is CCC(N)Cc1cc(OCc2nc(C)no2)ccc1Br. The maximum atomic E-state index is 6.00. The van der Waals surface area contributed by atoms with Crippen molar-refractivity contribution in [2.45, 2.75) is 39.3 Å². The molecule has 1 aromatic carbocycles. The van der Waals surface area contributed by atoms with E-state index in [1.54, 1.807) is 6.92 Å². The third-order valence-corrected chi connectivity index (χ3v) is 3.73. The van der Waals surface area contributed by atoms with Gasteiger partial charge in [0.25, 0.3) is 5.89 Å². The van der Waals surface area contributed by atoms with Crippen LogP contribution in [-0.4, -0.2) is 16.2 Å². The van der Waals surface area contributed by atoms with Crippen molar-refractivity contribution >= 4 is 15.9 Å². The van der Waals surface area contributed by atoms with Crippen LogP contribution in [0, 0.1) is 6.92 Å². The Balaban J connectivity index is 2.03. The molecular weight excluding hydrogens is 322 g/mol. The molecule has 0 aliphatic rings. The van der Waals surface area contributed by atoms with E-state index in [-0.39, 0.29) is 12.6 Å². The summed E-state index contributed by atoms with van der Waals surface area (Å²) in [6, 6.07) is 6.00. The summed E-state index contributed by atoms with van der Waals surface area (Å²) >= 11 is 3.54. The van der Waals surface area contributed by atoms with Gasteiger partial charge in [0, 0.05) is 10.5 Å². The zero-order chi connectivity index (χ0) is 14.5. The van der Waals surface area contributed by atoms with Crippen molar-refractivity contribution < 1.29 is 9.26 Å². The summed E-state index contributed by atoms with van der Waals surface area (Å²) in [7, 11) is 0. The van der Waals surface area contributed by atoms with Gasteiger partial charge in [-0.2, -0.15) is 4.98 Å². The first kappa shape index (κ1) is 15.0. The molecule has 0 saturated heterocycles. The van der Waals surface area contributed by atoms with Gasteiger partial charge >= 0.3 is 0 Å². The molecule has 1 unspecified atom stereocenters. The number of benzene rings is 1. The zero-order valence-electron chi connectivity index (χ0n) is 11.6. The molecule has 1 heterocycles. The number of aryl methyl sites for hydroxylation is 1. The second-order valence-electron chi connectivity index (χ2n) is 4.65. The summed E-state index contributed by atoms with van der Waals surface area (Å²) in [5, 5.41) is 3.72. The minimum Gasteiger partial charge on any atom is -0.484 e. The summed E-state index contributed by atoms with van der Waals surface area (Å²) in [6.07, 6.45) is 1.76. The minimum absolute atomic E-state index is 0.153. The molecule has 5 nitrogen and oxygen atoms in total. The van der Waals surface area contributed by atoms with Crippen LogP contribution in [0.4, 0.5) is 0 Å². The van der Waals surface area contributed by atoms with Crippen LogP contribution >= 0.6 is 15.9 Å². The molecule has 2 rings (SSSR count). The molecule has 1 aromatic heterocycles. The Morgan fingerprint density at radius 3 is 2.90 bits per heavy atom. The Morgan fingerprint density at radius 1 is 1.45 bits per heavy atom. The predicted molar refractivity (Wildman–Crippen MR) is 79.5 cm³/mol. The van der Waals surface area contributed by atoms with Gasteiger partial charge < -0.3 is 15.0 Å². The van der Waals surface area contributed by atoms with Crippen LogP contribution in [-0.2, 0) is 13.0 Å². The van der Waals surface area contributed by atoms with Gasteiger partial charge in [-0.3, -0.25) is 0 Å². The van der Waals surface area contributed by atoms with E-state index < -0.39 is 0 Å². The van der Waals surface area contributed by atoms with Crippen LogP contribution in [0.1, 0.15) is 30.6 Å². The van der Waals surface area contributed by atoms with Crippen molar-refractivity contribution in [1.29, 1.82) is 0 Å². The van der Waals surface area contributed by atoms with Gasteiger partial charge in [0.05, 0.1) is 0 Å². The van der Waals surface area contributed by atoms with Crippen LogP contribution in [0.15, 0.2) is 27.2 Å². The highest BCUT2D eigenvalue weighted by atomic mass is 79.9. The molecule has 1 atom stereocenters. The topological polar surface area (TPSA) is 74.2 Å². The first-order valence-electron chi connectivity index (χ1n) is 6.54. The standard InChI is InChI=1S/C14H18BrN3O2/c1-3-11(16)6-10-7-12(4-5-13(10)15)19-8-14-17-9(2)18-20-14/h4-5,7,11H,3,6,8,16H2,1-2H3. The fourth-order valence-electron chi connectivity index (χ4n) is 1.77. The van der Waals surface area contributed by atoms with E-state index in [0.29, 0.717) is 11.7 Å². The molecule has 20 heavy (non-hydrogen) atoms. The predicted octanol–water partition coefficient (Wildman–Crippen LogP) is 3.00.